The van der Waals surface area contributed by atoms with Crippen LogP contribution in [0.3, 0.4) is 0 Å². The Morgan fingerprint density at radius 2 is 1.79 bits per heavy atom. The summed E-state index contributed by atoms with van der Waals surface area (Å²) in [6, 6.07) is -0.834. The van der Waals surface area contributed by atoms with Crippen molar-refractivity contribution < 1.29 is 14.7 Å². The Labute approximate surface area is 115 Å². The van der Waals surface area contributed by atoms with Crippen molar-refractivity contribution in [2.75, 3.05) is 19.6 Å². The summed E-state index contributed by atoms with van der Waals surface area (Å²) in [6.07, 6.45) is 3.78. The number of nitrogens with one attached hydrogen (secondary N) is 1. The predicted octanol–water partition coefficient (Wildman–Crippen LogP) is 1.28. The molecule has 0 aliphatic carbocycles. The van der Waals surface area contributed by atoms with Crippen LogP contribution >= 0.6 is 0 Å². The van der Waals surface area contributed by atoms with Gasteiger partial charge in [-0.25, -0.2) is 4.79 Å². The molecule has 0 fully saturated rings. The zero-order valence-electron chi connectivity index (χ0n) is 11.8. The Morgan fingerprint density at radius 1 is 1.26 bits per heavy atom. The fourth-order valence-corrected chi connectivity index (χ4v) is 1.64. The number of hydrogen-bond donors (Lipinski definition) is 2. The van der Waals surface area contributed by atoms with Gasteiger partial charge in [0.1, 0.15) is 6.04 Å². The quantitative estimate of drug-likeness (QED) is 0.586. The maximum atomic E-state index is 11.7. The molecule has 0 heterocycles. The number of hydrogen-bond acceptors (Lipinski definition) is 3. The third-order valence-corrected chi connectivity index (χ3v) is 2.68. The van der Waals surface area contributed by atoms with Crippen molar-refractivity contribution in [2.24, 2.45) is 5.92 Å². The van der Waals surface area contributed by atoms with E-state index in [0.717, 1.165) is 0 Å². The van der Waals surface area contributed by atoms with Crippen LogP contribution in [0.2, 0.25) is 0 Å². The van der Waals surface area contributed by atoms with E-state index in [0.29, 0.717) is 19.6 Å². The zero-order chi connectivity index (χ0) is 14.8. The Bertz CT molecular complexity index is 317. The fourth-order valence-electron chi connectivity index (χ4n) is 1.64. The van der Waals surface area contributed by atoms with Gasteiger partial charge in [0.05, 0.1) is 0 Å². The summed E-state index contributed by atoms with van der Waals surface area (Å²) in [5.41, 5.74) is 0. The third kappa shape index (κ3) is 7.41. The van der Waals surface area contributed by atoms with Crippen LogP contribution in [0, 0.1) is 5.92 Å². The zero-order valence-corrected chi connectivity index (χ0v) is 11.8. The second kappa shape index (κ2) is 9.33. The minimum absolute atomic E-state index is 0.140. The van der Waals surface area contributed by atoms with E-state index in [4.69, 9.17) is 5.11 Å². The first-order valence-electron chi connectivity index (χ1n) is 6.38. The van der Waals surface area contributed by atoms with Crippen molar-refractivity contribution in [1.29, 1.82) is 0 Å². The highest BCUT2D eigenvalue weighted by molar-refractivity contribution is 5.83. The van der Waals surface area contributed by atoms with Crippen LogP contribution in [0.15, 0.2) is 25.3 Å². The van der Waals surface area contributed by atoms with Gasteiger partial charge in [0.25, 0.3) is 0 Å². The van der Waals surface area contributed by atoms with Crippen molar-refractivity contribution in [3.8, 4) is 0 Å². The highest BCUT2D eigenvalue weighted by atomic mass is 16.4. The summed E-state index contributed by atoms with van der Waals surface area (Å²) < 4.78 is 0. The van der Waals surface area contributed by atoms with Crippen LogP contribution in [0.25, 0.3) is 0 Å². The molecule has 0 aromatic heterocycles. The molecule has 0 aromatic rings. The van der Waals surface area contributed by atoms with Crippen molar-refractivity contribution in [3.63, 3.8) is 0 Å². The summed E-state index contributed by atoms with van der Waals surface area (Å²) in [5.74, 6) is -1.39. The van der Waals surface area contributed by atoms with Gasteiger partial charge < -0.3 is 10.4 Å². The number of carboxylic acid groups (broad SMARTS) is 1. The Hall–Kier alpha value is -1.62. The van der Waals surface area contributed by atoms with Crippen molar-refractivity contribution in [3.05, 3.63) is 25.3 Å². The summed E-state index contributed by atoms with van der Waals surface area (Å²) in [6.45, 7) is 12.7. The topological polar surface area (TPSA) is 69.6 Å². The lowest BCUT2D eigenvalue weighted by Gasteiger charge is -2.21. The molecule has 5 heteroatoms. The first-order valence-corrected chi connectivity index (χ1v) is 6.38. The molecule has 0 saturated heterocycles. The van der Waals surface area contributed by atoms with Crippen LogP contribution < -0.4 is 5.32 Å². The molecular weight excluding hydrogens is 244 g/mol. The van der Waals surface area contributed by atoms with E-state index < -0.39 is 12.0 Å². The van der Waals surface area contributed by atoms with E-state index in [9.17, 15) is 9.59 Å². The molecule has 19 heavy (non-hydrogen) atoms. The van der Waals surface area contributed by atoms with E-state index in [-0.39, 0.29) is 18.2 Å². The smallest absolute Gasteiger partial charge is 0.326 e. The standard InChI is InChI=1S/C14H24N2O3/c1-5-8-16(9-6-2)10-7-12(17)15-13(11(3)4)14(18)19/h5-6,11,13H,1-2,7-10H2,3-4H3,(H,15,17)(H,18,19). The molecule has 1 atom stereocenters. The molecule has 1 amide bonds. The van der Waals surface area contributed by atoms with Crippen LogP contribution in [0.1, 0.15) is 20.3 Å². The van der Waals surface area contributed by atoms with Crippen LogP contribution in [-0.4, -0.2) is 47.6 Å². The highest BCUT2D eigenvalue weighted by Crippen LogP contribution is 2.02. The summed E-state index contributed by atoms with van der Waals surface area (Å²) in [4.78, 5) is 24.7. The molecule has 108 valence electrons. The van der Waals surface area contributed by atoms with Crippen LogP contribution in [0.5, 0.6) is 0 Å². The Kier molecular flexibility index (Phi) is 8.53. The number of carboxylic acids is 1. The molecule has 1 unspecified atom stereocenters. The molecule has 2 N–H and O–H groups in total. The SMILES string of the molecule is C=CCN(CC=C)CCC(=O)NC(C(=O)O)C(C)C. The lowest BCUT2D eigenvalue weighted by Crippen LogP contribution is -2.45. The maximum absolute atomic E-state index is 11.7. The number of aliphatic carboxylic acids is 1. The molecule has 0 aromatic carbocycles. The number of rotatable bonds is 10. The van der Waals surface area contributed by atoms with Gasteiger partial charge in [0.15, 0.2) is 0 Å². The minimum Gasteiger partial charge on any atom is -0.480 e. The van der Waals surface area contributed by atoms with Gasteiger partial charge in [0.2, 0.25) is 5.91 Å². The monoisotopic (exact) mass is 268 g/mol. The largest absolute Gasteiger partial charge is 0.480 e. The minimum atomic E-state index is -1.00. The van der Waals surface area contributed by atoms with Gasteiger partial charge in [-0.2, -0.15) is 0 Å². The molecule has 0 aliphatic rings. The average Bonchev–Trinajstić information content (AvgIpc) is 2.32. The molecule has 0 spiro atoms. The molecule has 0 saturated carbocycles. The van der Waals surface area contributed by atoms with Gasteiger partial charge in [-0.15, -0.1) is 13.2 Å². The number of carbonyl (C=O) groups is 2. The molecule has 5 nitrogen and oxygen atoms in total. The van der Waals surface area contributed by atoms with Gasteiger partial charge in [0, 0.05) is 26.1 Å². The van der Waals surface area contributed by atoms with Gasteiger partial charge in [-0.1, -0.05) is 26.0 Å². The normalized spacial score (nSPS) is 12.2. The van der Waals surface area contributed by atoms with Crippen molar-refractivity contribution >= 4 is 11.9 Å². The molecular formula is C14H24N2O3. The van der Waals surface area contributed by atoms with Crippen molar-refractivity contribution in [1.82, 2.24) is 10.2 Å². The molecule has 0 bridgehead atoms. The molecule has 0 rings (SSSR count). The predicted molar refractivity (Wildman–Crippen MR) is 75.9 cm³/mol. The number of nitrogens with zero attached hydrogens (tertiary/aromatic N) is 1. The summed E-state index contributed by atoms with van der Waals surface area (Å²) in [7, 11) is 0. The highest BCUT2D eigenvalue weighted by Gasteiger charge is 2.23. The lowest BCUT2D eigenvalue weighted by atomic mass is 10.0. The fraction of sp³-hybridized carbons (Fsp3) is 0.571. The Balaban J connectivity index is 4.25. The van der Waals surface area contributed by atoms with Crippen LogP contribution in [0.4, 0.5) is 0 Å². The van der Waals surface area contributed by atoms with E-state index in [1.807, 2.05) is 4.90 Å². The van der Waals surface area contributed by atoms with Gasteiger partial charge in [-0.3, -0.25) is 9.69 Å². The van der Waals surface area contributed by atoms with Gasteiger partial charge >= 0.3 is 5.97 Å². The number of amides is 1. The first-order chi connectivity index (χ1) is 8.92. The van der Waals surface area contributed by atoms with Gasteiger partial charge in [-0.05, 0) is 5.92 Å². The van der Waals surface area contributed by atoms with E-state index in [1.165, 1.54) is 0 Å². The molecule has 0 aliphatic heterocycles. The molecule has 0 radical (unpaired) electrons. The van der Waals surface area contributed by atoms with E-state index in [2.05, 4.69) is 18.5 Å². The van der Waals surface area contributed by atoms with E-state index in [1.54, 1.807) is 26.0 Å². The lowest BCUT2D eigenvalue weighted by molar-refractivity contribution is -0.143. The second-order valence-electron chi connectivity index (χ2n) is 4.71. The van der Waals surface area contributed by atoms with Crippen LogP contribution in [-0.2, 0) is 9.59 Å². The second-order valence-corrected chi connectivity index (χ2v) is 4.71. The summed E-state index contributed by atoms with van der Waals surface area (Å²) in [5, 5.41) is 11.5. The average molecular weight is 268 g/mol. The van der Waals surface area contributed by atoms with Crippen molar-refractivity contribution in [2.45, 2.75) is 26.3 Å². The maximum Gasteiger partial charge on any atom is 0.326 e. The number of carbonyl (C=O) groups excluding carboxylic acids is 1. The Morgan fingerprint density at radius 3 is 2.16 bits per heavy atom. The summed E-state index contributed by atoms with van der Waals surface area (Å²) >= 11 is 0. The third-order valence-electron chi connectivity index (χ3n) is 2.68. The van der Waals surface area contributed by atoms with E-state index >= 15 is 0 Å². The first kappa shape index (κ1) is 17.4.